The zero-order valence-corrected chi connectivity index (χ0v) is 9.59. The number of rotatable bonds is 5. The summed E-state index contributed by atoms with van der Waals surface area (Å²) < 4.78 is 0. The van der Waals surface area contributed by atoms with E-state index in [0.29, 0.717) is 17.5 Å². The van der Waals surface area contributed by atoms with Gasteiger partial charge in [-0.3, -0.25) is 4.90 Å². The first-order valence-corrected chi connectivity index (χ1v) is 5.74. The summed E-state index contributed by atoms with van der Waals surface area (Å²) in [5, 5.41) is 8.85. The topological polar surface area (TPSA) is 49.5 Å². The second-order valence-electron chi connectivity index (χ2n) is 3.99. The number of aliphatic hydroxyl groups is 1. The van der Waals surface area contributed by atoms with Crippen LogP contribution in [0.25, 0.3) is 0 Å². The van der Waals surface area contributed by atoms with Gasteiger partial charge in [-0.25, -0.2) is 0 Å². The molecule has 4 heteroatoms. The molecule has 0 saturated carbocycles. The molecule has 1 rings (SSSR count). The van der Waals surface area contributed by atoms with Crippen LogP contribution in [0.2, 0.25) is 0 Å². The van der Waals surface area contributed by atoms with E-state index in [4.69, 9.17) is 23.1 Å². The molecule has 14 heavy (non-hydrogen) atoms. The molecule has 2 unspecified atom stereocenters. The van der Waals surface area contributed by atoms with E-state index in [1.165, 1.54) is 6.42 Å². The first kappa shape index (κ1) is 11.9. The Morgan fingerprint density at radius 3 is 2.93 bits per heavy atom. The van der Waals surface area contributed by atoms with Crippen molar-refractivity contribution in [2.75, 3.05) is 19.7 Å². The van der Waals surface area contributed by atoms with Crippen molar-refractivity contribution < 1.29 is 5.11 Å². The van der Waals surface area contributed by atoms with Gasteiger partial charge in [0.25, 0.3) is 0 Å². The SMILES string of the molecule is CCC(C(N)=S)N1CCC(CCO)C1. The number of aliphatic hydroxyl groups excluding tert-OH is 1. The minimum absolute atomic E-state index is 0.258. The molecule has 0 aromatic carbocycles. The van der Waals surface area contributed by atoms with E-state index in [2.05, 4.69) is 11.8 Å². The van der Waals surface area contributed by atoms with Crippen LogP contribution in [0.3, 0.4) is 0 Å². The third-order valence-electron chi connectivity index (χ3n) is 3.01. The maximum Gasteiger partial charge on any atom is 0.0901 e. The summed E-state index contributed by atoms with van der Waals surface area (Å²) in [6, 6.07) is 0.258. The molecule has 0 amide bonds. The molecule has 1 aliphatic heterocycles. The molecule has 1 fully saturated rings. The fraction of sp³-hybridized carbons (Fsp3) is 0.900. The zero-order valence-electron chi connectivity index (χ0n) is 8.78. The van der Waals surface area contributed by atoms with Gasteiger partial charge in [-0.05, 0) is 31.7 Å². The number of likely N-dealkylation sites (tertiary alicyclic amines) is 1. The number of thiocarbonyl (C=S) groups is 1. The first-order chi connectivity index (χ1) is 6.69. The summed E-state index contributed by atoms with van der Waals surface area (Å²) in [6.45, 7) is 4.52. The Morgan fingerprint density at radius 2 is 2.43 bits per heavy atom. The molecule has 3 N–H and O–H groups in total. The Balaban J connectivity index is 2.43. The van der Waals surface area contributed by atoms with Gasteiger partial charge < -0.3 is 10.8 Å². The highest BCUT2D eigenvalue weighted by atomic mass is 32.1. The van der Waals surface area contributed by atoms with Crippen molar-refractivity contribution in [2.24, 2.45) is 11.7 Å². The second-order valence-corrected chi connectivity index (χ2v) is 4.46. The lowest BCUT2D eigenvalue weighted by Gasteiger charge is -2.25. The van der Waals surface area contributed by atoms with Crippen LogP contribution in [0.4, 0.5) is 0 Å². The highest BCUT2D eigenvalue weighted by Gasteiger charge is 2.28. The van der Waals surface area contributed by atoms with Crippen LogP contribution in [0.5, 0.6) is 0 Å². The Hall–Kier alpha value is -0.190. The fourth-order valence-electron chi connectivity index (χ4n) is 2.20. The van der Waals surface area contributed by atoms with E-state index in [9.17, 15) is 0 Å². The van der Waals surface area contributed by atoms with Crippen LogP contribution in [-0.2, 0) is 0 Å². The lowest BCUT2D eigenvalue weighted by atomic mass is 10.1. The van der Waals surface area contributed by atoms with Crippen molar-refractivity contribution in [1.29, 1.82) is 0 Å². The van der Waals surface area contributed by atoms with Crippen LogP contribution in [-0.4, -0.2) is 40.7 Å². The molecule has 2 atom stereocenters. The molecular weight excluding hydrogens is 196 g/mol. The summed E-state index contributed by atoms with van der Waals surface area (Å²) in [5.74, 6) is 0.628. The average Bonchev–Trinajstić information content (AvgIpc) is 2.54. The average molecular weight is 216 g/mol. The van der Waals surface area contributed by atoms with E-state index in [1.54, 1.807) is 0 Å². The van der Waals surface area contributed by atoms with Crippen molar-refractivity contribution in [2.45, 2.75) is 32.2 Å². The number of nitrogens with zero attached hydrogens (tertiary/aromatic N) is 1. The minimum atomic E-state index is 0.258. The summed E-state index contributed by atoms with van der Waals surface area (Å²) in [4.78, 5) is 2.96. The monoisotopic (exact) mass is 216 g/mol. The van der Waals surface area contributed by atoms with Gasteiger partial charge in [-0.15, -0.1) is 0 Å². The molecule has 0 aliphatic carbocycles. The maximum absolute atomic E-state index is 8.85. The van der Waals surface area contributed by atoms with Crippen molar-refractivity contribution in [3.63, 3.8) is 0 Å². The molecule has 1 saturated heterocycles. The molecule has 1 aliphatic rings. The molecule has 0 aromatic rings. The lowest BCUT2D eigenvalue weighted by molar-refractivity contribution is 0.242. The fourth-order valence-corrected chi connectivity index (χ4v) is 2.52. The highest BCUT2D eigenvalue weighted by Crippen LogP contribution is 2.22. The molecule has 0 bridgehead atoms. The van der Waals surface area contributed by atoms with Gasteiger partial charge in [0, 0.05) is 13.2 Å². The van der Waals surface area contributed by atoms with Crippen molar-refractivity contribution in [3.05, 3.63) is 0 Å². The van der Waals surface area contributed by atoms with Gasteiger partial charge in [-0.1, -0.05) is 19.1 Å². The smallest absolute Gasteiger partial charge is 0.0901 e. The molecule has 3 nitrogen and oxygen atoms in total. The standard InChI is InChI=1S/C10H20N2OS/c1-2-9(10(11)14)12-5-3-8(7-12)4-6-13/h8-9,13H,2-7H2,1H3,(H2,11,14). The van der Waals surface area contributed by atoms with E-state index in [1.807, 2.05) is 0 Å². The van der Waals surface area contributed by atoms with Crippen molar-refractivity contribution in [1.82, 2.24) is 4.90 Å². The van der Waals surface area contributed by atoms with Crippen LogP contribution in [0.15, 0.2) is 0 Å². The Bertz CT molecular complexity index is 199. The van der Waals surface area contributed by atoms with Crippen molar-refractivity contribution in [3.8, 4) is 0 Å². The van der Waals surface area contributed by atoms with Crippen LogP contribution >= 0.6 is 12.2 Å². The van der Waals surface area contributed by atoms with Gasteiger partial charge in [0.2, 0.25) is 0 Å². The van der Waals surface area contributed by atoms with Gasteiger partial charge in [-0.2, -0.15) is 0 Å². The number of nitrogens with two attached hydrogens (primary N) is 1. The Labute approximate surface area is 91.3 Å². The zero-order chi connectivity index (χ0) is 10.6. The highest BCUT2D eigenvalue weighted by molar-refractivity contribution is 7.80. The van der Waals surface area contributed by atoms with Crippen LogP contribution in [0.1, 0.15) is 26.2 Å². The second kappa shape index (κ2) is 5.63. The molecule has 0 aromatic heterocycles. The Morgan fingerprint density at radius 1 is 1.71 bits per heavy atom. The van der Waals surface area contributed by atoms with Crippen molar-refractivity contribution >= 4 is 17.2 Å². The third kappa shape index (κ3) is 2.90. The van der Waals surface area contributed by atoms with Gasteiger partial charge in [0.05, 0.1) is 11.0 Å². The Kier molecular flexibility index (Phi) is 4.78. The minimum Gasteiger partial charge on any atom is -0.396 e. The first-order valence-electron chi connectivity index (χ1n) is 5.33. The summed E-state index contributed by atoms with van der Waals surface area (Å²) in [7, 11) is 0. The quantitative estimate of drug-likeness (QED) is 0.666. The van der Waals surface area contributed by atoms with E-state index < -0.39 is 0 Å². The van der Waals surface area contributed by atoms with Gasteiger partial charge in [0.15, 0.2) is 0 Å². The molecular formula is C10H20N2OS. The van der Waals surface area contributed by atoms with E-state index in [-0.39, 0.29) is 6.04 Å². The van der Waals surface area contributed by atoms with Gasteiger partial charge in [0.1, 0.15) is 0 Å². The molecule has 0 radical (unpaired) electrons. The lowest BCUT2D eigenvalue weighted by Crippen LogP contribution is -2.42. The predicted molar refractivity (Wildman–Crippen MR) is 62.2 cm³/mol. The van der Waals surface area contributed by atoms with E-state index >= 15 is 0 Å². The van der Waals surface area contributed by atoms with Crippen LogP contribution in [0, 0.1) is 5.92 Å². The summed E-state index contributed by atoms with van der Waals surface area (Å²) >= 11 is 5.04. The molecule has 1 heterocycles. The number of hydrogen-bond acceptors (Lipinski definition) is 3. The molecule has 82 valence electrons. The summed E-state index contributed by atoms with van der Waals surface area (Å²) in [5.41, 5.74) is 5.69. The largest absolute Gasteiger partial charge is 0.396 e. The normalized spacial score (nSPS) is 25.1. The predicted octanol–water partition coefficient (Wildman–Crippen LogP) is 0.755. The third-order valence-corrected chi connectivity index (χ3v) is 3.28. The summed E-state index contributed by atoms with van der Waals surface area (Å²) in [6.07, 6.45) is 3.06. The van der Waals surface area contributed by atoms with Crippen LogP contribution < -0.4 is 5.73 Å². The molecule has 0 spiro atoms. The van der Waals surface area contributed by atoms with Gasteiger partial charge >= 0.3 is 0 Å². The number of hydrogen-bond donors (Lipinski definition) is 2. The maximum atomic E-state index is 8.85. The van der Waals surface area contributed by atoms with E-state index in [0.717, 1.165) is 25.9 Å².